The molecule has 7 nitrogen and oxygen atoms in total. The fraction of sp³-hybridized carbons (Fsp3) is 0.476. The van der Waals surface area contributed by atoms with Crippen LogP contribution in [0.4, 0.5) is 0 Å². The van der Waals surface area contributed by atoms with Gasteiger partial charge >= 0.3 is 0 Å². The molecule has 3 aromatic heterocycles. The van der Waals surface area contributed by atoms with Gasteiger partial charge in [-0.3, -0.25) is 0 Å². The Bertz CT molecular complexity index is 1080. The third-order valence-corrected chi connectivity index (χ3v) is 7.38. The van der Waals surface area contributed by atoms with Crippen LogP contribution in [0, 0.1) is 12.8 Å². The smallest absolute Gasteiger partial charge is 0.158 e. The molecule has 1 atom stereocenters. The van der Waals surface area contributed by atoms with Crippen LogP contribution in [0.15, 0.2) is 24.4 Å². The van der Waals surface area contributed by atoms with Gasteiger partial charge in [-0.25, -0.2) is 14.6 Å². The Morgan fingerprint density at radius 3 is 2.90 bits per heavy atom. The minimum Gasteiger partial charge on any atom is -0.493 e. The molecule has 2 saturated heterocycles. The summed E-state index contributed by atoms with van der Waals surface area (Å²) in [5, 5.41) is 6.06. The van der Waals surface area contributed by atoms with Gasteiger partial charge in [-0.05, 0) is 6.92 Å². The SMILES string of the molecule is CO[C@@]1(c2cc(OCC3CSC3)cc(-n3nc(C)c4cnc(Cl)cc43)n2)CCOC1. The van der Waals surface area contributed by atoms with Crippen molar-refractivity contribution < 1.29 is 14.2 Å². The van der Waals surface area contributed by atoms with E-state index in [1.54, 1.807) is 18.0 Å². The van der Waals surface area contributed by atoms with Crippen LogP contribution in [0.2, 0.25) is 5.15 Å². The van der Waals surface area contributed by atoms with E-state index in [0.717, 1.165) is 46.0 Å². The lowest BCUT2D eigenvalue weighted by atomic mass is 9.97. The van der Waals surface area contributed by atoms with Crippen molar-refractivity contribution in [2.45, 2.75) is 18.9 Å². The summed E-state index contributed by atoms with van der Waals surface area (Å²) in [6.45, 7) is 3.75. The number of pyridine rings is 2. The highest BCUT2D eigenvalue weighted by atomic mass is 35.5. The van der Waals surface area contributed by atoms with Crippen LogP contribution in [0.25, 0.3) is 16.7 Å². The molecule has 0 amide bonds. The van der Waals surface area contributed by atoms with Crippen molar-refractivity contribution >= 4 is 34.3 Å². The number of methoxy groups -OCH3 is 1. The average molecular weight is 447 g/mol. The van der Waals surface area contributed by atoms with Crippen molar-refractivity contribution in [2.75, 3.05) is 38.4 Å². The molecular weight excluding hydrogens is 424 g/mol. The molecule has 9 heteroatoms. The number of aryl methyl sites for hydroxylation is 1. The molecule has 0 bridgehead atoms. The van der Waals surface area contributed by atoms with Crippen LogP contribution < -0.4 is 4.74 Å². The van der Waals surface area contributed by atoms with E-state index in [0.29, 0.717) is 36.7 Å². The van der Waals surface area contributed by atoms with Crippen LogP contribution in [0.5, 0.6) is 5.75 Å². The predicted molar refractivity (Wildman–Crippen MR) is 117 cm³/mol. The van der Waals surface area contributed by atoms with E-state index < -0.39 is 5.60 Å². The van der Waals surface area contributed by atoms with E-state index in [4.69, 9.17) is 35.9 Å². The van der Waals surface area contributed by atoms with Crippen molar-refractivity contribution in [1.82, 2.24) is 19.7 Å². The Kier molecular flexibility index (Phi) is 5.35. The van der Waals surface area contributed by atoms with Crippen molar-refractivity contribution in [3.8, 4) is 11.6 Å². The largest absolute Gasteiger partial charge is 0.493 e. The predicted octanol–water partition coefficient (Wildman–Crippen LogP) is 3.78. The molecule has 5 rings (SSSR count). The molecule has 0 spiro atoms. The molecule has 2 aliphatic rings. The van der Waals surface area contributed by atoms with Gasteiger partial charge in [0.2, 0.25) is 0 Å². The molecular formula is C21H23ClN4O3S. The number of hydrogen-bond acceptors (Lipinski definition) is 7. The average Bonchev–Trinajstić information content (AvgIpc) is 3.32. The van der Waals surface area contributed by atoms with E-state index in [2.05, 4.69) is 4.98 Å². The molecule has 3 aromatic rings. The van der Waals surface area contributed by atoms with E-state index in [9.17, 15) is 0 Å². The Morgan fingerprint density at radius 1 is 1.33 bits per heavy atom. The molecule has 30 heavy (non-hydrogen) atoms. The van der Waals surface area contributed by atoms with Gasteiger partial charge in [0.05, 0.1) is 30.1 Å². The van der Waals surface area contributed by atoms with Crippen LogP contribution in [-0.4, -0.2) is 58.2 Å². The number of ether oxygens (including phenoxy) is 3. The van der Waals surface area contributed by atoms with Crippen molar-refractivity contribution in [1.29, 1.82) is 0 Å². The molecule has 2 aliphatic heterocycles. The number of rotatable bonds is 6. The fourth-order valence-corrected chi connectivity index (χ4v) is 4.75. The van der Waals surface area contributed by atoms with Crippen LogP contribution in [0.1, 0.15) is 17.8 Å². The summed E-state index contributed by atoms with van der Waals surface area (Å²) in [6, 6.07) is 5.71. The second-order valence-electron chi connectivity index (χ2n) is 7.78. The van der Waals surface area contributed by atoms with Crippen LogP contribution >= 0.6 is 23.4 Å². The van der Waals surface area contributed by atoms with Gasteiger partial charge in [0, 0.05) is 67.3 Å². The van der Waals surface area contributed by atoms with E-state index >= 15 is 0 Å². The van der Waals surface area contributed by atoms with Gasteiger partial charge in [0.15, 0.2) is 5.82 Å². The maximum absolute atomic E-state index is 6.18. The second-order valence-corrected chi connectivity index (χ2v) is 9.25. The topological polar surface area (TPSA) is 71.3 Å². The monoisotopic (exact) mass is 446 g/mol. The van der Waals surface area contributed by atoms with E-state index in [-0.39, 0.29) is 0 Å². The van der Waals surface area contributed by atoms with Gasteiger partial charge in [-0.2, -0.15) is 16.9 Å². The Balaban J connectivity index is 1.62. The zero-order chi connectivity index (χ0) is 20.7. The summed E-state index contributed by atoms with van der Waals surface area (Å²) >= 11 is 8.12. The molecule has 0 saturated carbocycles. The first-order chi connectivity index (χ1) is 14.6. The molecule has 5 heterocycles. The summed E-state index contributed by atoms with van der Waals surface area (Å²) < 4.78 is 19.5. The lowest BCUT2D eigenvalue weighted by molar-refractivity contribution is -0.0247. The maximum Gasteiger partial charge on any atom is 0.158 e. The lowest BCUT2D eigenvalue weighted by Crippen LogP contribution is -2.30. The third kappa shape index (κ3) is 3.56. The first-order valence-electron chi connectivity index (χ1n) is 9.95. The standard InChI is InChI=1S/C21H23ClN4O3S/c1-13-16-8-23-19(22)7-17(16)26(25-13)20-6-15(29-9-14-10-30-11-14)5-18(24-20)21(27-2)3-4-28-12-21/h5-8,14H,3-4,9-12H2,1-2H3/t21-/m0/s1. The Labute approximate surface area is 184 Å². The summed E-state index contributed by atoms with van der Waals surface area (Å²) in [4.78, 5) is 9.12. The Morgan fingerprint density at radius 2 is 2.20 bits per heavy atom. The van der Waals surface area contributed by atoms with Gasteiger partial charge in [-0.15, -0.1) is 0 Å². The van der Waals surface area contributed by atoms with Crippen LogP contribution in [-0.2, 0) is 15.1 Å². The van der Waals surface area contributed by atoms with E-state index in [1.807, 2.05) is 36.9 Å². The Hall–Kier alpha value is -1.87. The van der Waals surface area contributed by atoms with Gasteiger partial charge < -0.3 is 14.2 Å². The molecule has 0 unspecified atom stereocenters. The second kappa shape index (κ2) is 8.00. The molecule has 0 N–H and O–H groups in total. The van der Waals surface area contributed by atoms with Gasteiger partial charge in [0.1, 0.15) is 16.5 Å². The molecule has 0 aliphatic carbocycles. The summed E-state index contributed by atoms with van der Waals surface area (Å²) in [7, 11) is 1.70. The highest BCUT2D eigenvalue weighted by Crippen LogP contribution is 2.36. The fourth-order valence-electron chi connectivity index (χ4n) is 3.83. The number of hydrogen-bond donors (Lipinski definition) is 0. The molecule has 0 aromatic carbocycles. The molecule has 158 valence electrons. The maximum atomic E-state index is 6.18. The number of nitrogens with zero attached hydrogens (tertiary/aromatic N) is 4. The van der Waals surface area contributed by atoms with Gasteiger partial charge in [-0.1, -0.05) is 11.6 Å². The first kappa shape index (κ1) is 20.1. The summed E-state index contributed by atoms with van der Waals surface area (Å²) in [5.74, 6) is 4.31. The summed E-state index contributed by atoms with van der Waals surface area (Å²) in [5.41, 5.74) is 1.92. The number of fused-ring (bicyclic) bond motifs is 1. The van der Waals surface area contributed by atoms with Crippen molar-refractivity contribution in [3.05, 3.63) is 40.9 Å². The molecule has 0 radical (unpaired) electrons. The minimum atomic E-state index is -0.586. The number of aromatic nitrogens is 4. The van der Waals surface area contributed by atoms with Crippen molar-refractivity contribution in [3.63, 3.8) is 0 Å². The van der Waals surface area contributed by atoms with Crippen molar-refractivity contribution in [2.24, 2.45) is 5.92 Å². The number of halogens is 1. The normalized spacial score (nSPS) is 21.8. The number of thioether (sulfide) groups is 1. The van der Waals surface area contributed by atoms with Gasteiger partial charge in [0.25, 0.3) is 0 Å². The minimum absolute atomic E-state index is 0.413. The lowest BCUT2D eigenvalue weighted by Gasteiger charge is -2.27. The summed E-state index contributed by atoms with van der Waals surface area (Å²) in [6.07, 6.45) is 2.49. The first-order valence-corrected chi connectivity index (χ1v) is 11.5. The highest BCUT2D eigenvalue weighted by Gasteiger charge is 2.39. The zero-order valence-electron chi connectivity index (χ0n) is 16.9. The molecule has 2 fully saturated rings. The zero-order valence-corrected chi connectivity index (χ0v) is 18.5. The highest BCUT2D eigenvalue weighted by molar-refractivity contribution is 8.00. The van der Waals surface area contributed by atoms with E-state index in [1.165, 1.54) is 0 Å². The third-order valence-electron chi connectivity index (χ3n) is 5.75. The van der Waals surface area contributed by atoms with Crippen LogP contribution in [0.3, 0.4) is 0 Å². The quantitative estimate of drug-likeness (QED) is 0.533.